The Bertz CT molecular complexity index is 879. The van der Waals surface area contributed by atoms with E-state index in [2.05, 4.69) is 10.2 Å². The molecule has 0 amide bonds. The fourth-order valence-corrected chi connectivity index (χ4v) is 2.66. The van der Waals surface area contributed by atoms with Gasteiger partial charge in [0.1, 0.15) is 12.4 Å². The third kappa shape index (κ3) is 6.28. The van der Waals surface area contributed by atoms with Crippen molar-refractivity contribution in [3.63, 3.8) is 0 Å². The number of anilines is 1. The predicted octanol–water partition coefficient (Wildman–Crippen LogP) is 2.87. The summed E-state index contributed by atoms with van der Waals surface area (Å²) in [4.78, 5) is 2.03. The second kappa shape index (κ2) is 11.3. The van der Waals surface area contributed by atoms with Gasteiger partial charge in [0, 0.05) is 30.9 Å². The zero-order chi connectivity index (χ0) is 21.2. The van der Waals surface area contributed by atoms with Crippen LogP contribution in [0.2, 0.25) is 0 Å². The Kier molecular flexibility index (Phi) is 8.20. The van der Waals surface area contributed by atoms with E-state index in [0.717, 1.165) is 22.6 Å². The Morgan fingerprint density at radius 2 is 1.30 bits per heavy atom. The first kappa shape index (κ1) is 21.8. The summed E-state index contributed by atoms with van der Waals surface area (Å²) in [5.41, 5.74) is 2.80. The van der Waals surface area contributed by atoms with E-state index in [4.69, 9.17) is 23.7 Å². The normalized spacial score (nSPS) is 10.9. The largest absolute Gasteiger partial charge is 0.491 e. The maximum atomic E-state index is 8.60. The molecule has 1 heterocycles. The first-order valence-electron chi connectivity index (χ1n) is 9.78. The van der Waals surface area contributed by atoms with Gasteiger partial charge in [-0.1, -0.05) is 0 Å². The lowest BCUT2D eigenvalue weighted by Crippen LogP contribution is -2.11. The maximum absolute atomic E-state index is 8.60. The Hall–Kier alpha value is -2.94. The van der Waals surface area contributed by atoms with E-state index >= 15 is 0 Å². The first-order valence-corrected chi connectivity index (χ1v) is 9.78. The average molecular weight is 413 g/mol. The molecule has 8 heteroatoms. The Morgan fingerprint density at radius 3 is 1.87 bits per heavy atom. The van der Waals surface area contributed by atoms with Crippen molar-refractivity contribution in [1.29, 1.82) is 0 Å². The minimum absolute atomic E-state index is 0.0217. The van der Waals surface area contributed by atoms with E-state index in [0.29, 0.717) is 44.8 Å². The van der Waals surface area contributed by atoms with Crippen molar-refractivity contribution >= 4 is 5.69 Å². The van der Waals surface area contributed by atoms with E-state index in [1.54, 1.807) is 0 Å². The number of hydrogen-bond acceptors (Lipinski definition) is 8. The fourth-order valence-electron chi connectivity index (χ4n) is 2.66. The lowest BCUT2D eigenvalue weighted by Gasteiger charge is -2.11. The molecule has 1 aromatic heterocycles. The maximum Gasteiger partial charge on any atom is 0.248 e. The van der Waals surface area contributed by atoms with Gasteiger partial charge in [-0.2, -0.15) is 0 Å². The van der Waals surface area contributed by atoms with Gasteiger partial charge in [0.15, 0.2) is 0 Å². The summed E-state index contributed by atoms with van der Waals surface area (Å²) in [5.74, 6) is 1.67. The molecule has 0 spiro atoms. The van der Waals surface area contributed by atoms with Gasteiger partial charge in [-0.3, -0.25) is 0 Å². The number of benzene rings is 2. The average Bonchev–Trinajstić information content (AvgIpc) is 3.26. The summed E-state index contributed by atoms with van der Waals surface area (Å²) in [6.45, 7) is 2.18. The summed E-state index contributed by atoms with van der Waals surface area (Å²) in [6.07, 6.45) is 0. The van der Waals surface area contributed by atoms with Gasteiger partial charge in [-0.15, -0.1) is 10.2 Å². The van der Waals surface area contributed by atoms with Crippen molar-refractivity contribution in [3.8, 4) is 28.7 Å². The van der Waals surface area contributed by atoms with Crippen LogP contribution in [0.25, 0.3) is 22.9 Å². The van der Waals surface area contributed by atoms with E-state index in [1.807, 2.05) is 67.5 Å². The lowest BCUT2D eigenvalue weighted by atomic mass is 10.2. The van der Waals surface area contributed by atoms with Crippen LogP contribution in [0.15, 0.2) is 52.9 Å². The number of rotatable bonds is 12. The molecule has 30 heavy (non-hydrogen) atoms. The monoisotopic (exact) mass is 413 g/mol. The molecule has 1 N–H and O–H groups in total. The topological polar surface area (TPSA) is 90.1 Å². The molecule has 0 fully saturated rings. The molecular weight excluding hydrogens is 386 g/mol. The molecule has 0 atom stereocenters. The third-order valence-electron chi connectivity index (χ3n) is 4.26. The summed E-state index contributed by atoms with van der Waals surface area (Å²) < 4.78 is 22.0. The number of aliphatic hydroxyl groups is 1. The molecule has 0 aliphatic heterocycles. The van der Waals surface area contributed by atoms with Gasteiger partial charge in [-0.25, -0.2) is 0 Å². The second-order valence-electron chi connectivity index (χ2n) is 6.67. The van der Waals surface area contributed by atoms with Crippen molar-refractivity contribution in [2.45, 2.75) is 0 Å². The number of nitrogens with zero attached hydrogens (tertiary/aromatic N) is 3. The SMILES string of the molecule is CN(C)c1ccc(-c2nnc(-c3ccc(OCCOCCOCCO)cc3)o2)cc1. The summed E-state index contributed by atoms with van der Waals surface area (Å²) >= 11 is 0. The van der Waals surface area contributed by atoms with Crippen LogP contribution in [0.4, 0.5) is 5.69 Å². The predicted molar refractivity (Wildman–Crippen MR) is 114 cm³/mol. The first-order chi connectivity index (χ1) is 14.7. The van der Waals surface area contributed by atoms with Crippen LogP contribution in [0.5, 0.6) is 5.75 Å². The minimum Gasteiger partial charge on any atom is -0.491 e. The van der Waals surface area contributed by atoms with Crippen molar-refractivity contribution in [2.75, 3.05) is 58.6 Å². The molecule has 0 radical (unpaired) electrons. The van der Waals surface area contributed by atoms with Gasteiger partial charge in [0.2, 0.25) is 11.8 Å². The van der Waals surface area contributed by atoms with Crippen LogP contribution in [0.3, 0.4) is 0 Å². The van der Waals surface area contributed by atoms with Gasteiger partial charge in [-0.05, 0) is 48.5 Å². The fraction of sp³-hybridized carbons (Fsp3) is 0.364. The summed E-state index contributed by atoms with van der Waals surface area (Å²) in [7, 11) is 3.99. The van der Waals surface area contributed by atoms with E-state index in [1.165, 1.54) is 0 Å². The quantitative estimate of drug-likeness (QED) is 0.454. The van der Waals surface area contributed by atoms with Crippen LogP contribution in [0, 0.1) is 0 Å². The Morgan fingerprint density at radius 1 is 0.767 bits per heavy atom. The van der Waals surface area contributed by atoms with Crippen LogP contribution in [-0.2, 0) is 9.47 Å². The van der Waals surface area contributed by atoms with Crippen LogP contribution in [-0.4, -0.2) is 69.0 Å². The van der Waals surface area contributed by atoms with Crippen molar-refractivity contribution in [2.24, 2.45) is 0 Å². The Balaban J connectivity index is 1.48. The summed E-state index contributed by atoms with van der Waals surface area (Å²) in [5, 5.41) is 16.9. The standard InChI is InChI=1S/C22H27N3O5/c1-25(2)19-7-3-17(4-8-19)21-23-24-22(30-21)18-5-9-20(10-6-18)29-16-15-28-14-13-27-12-11-26/h3-10,26H,11-16H2,1-2H3. The molecule has 0 bridgehead atoms. The van der Waals surface area contributed by atoms with Gasteiger partial charge < -0.3 is 28.6 Å². The van der Waals surface area contributed by atoms with Crippen LogP contribution >= 0.6 is 0 Å². The van der Waals surface area contributed by atoms with E-state index < -0.39 is 0 Å². The number of ether oxygens (including phenoxy) is 3. The molecule has 0 unspecified atom stereocenters. The van der Waals surface area contributed by atoms with Crippen molar-refractivity contribution < 1.29 is 23.7 Å². The smallest absolute Gasteiger partial charge is 0.248 e. The molecule has 3 rings (SSSR count). The van der Waals surface area contributed by atoms with Gasteiger partial charge in [0.25, 0.3) is 0 Å². The molecular formula is C22H27N3O5. The van der Waals surface area contributed by atoms with Crippen molar-refractivity contribution in [3.05, 3.63) is 48.5 Å². The van der Waals surface area contributed by atoms with E-state index in [9.17, 15) is 0 Å². The number of hydrogen-bond donors (Lipinski definition) is 1. The highest BCUT2D eigenvalue weighted by atomic mass is 16.5. The zero-order valence-electron chi connectivity index (χ0n) is 17.3. The van der Waals surface area contributed by atoms with Gasteiger partial charge >= 0.3 is 0 Å². The zero-order valence-corrected chi connectivity index (χ0v) is 17.3. The number of aliphatic hydroxyl groups excluding tert-OH is 1. The molecule has 0 saturated carbocycles. The molecule has 0 aliphatic carbocycles. The number of aromatic nitrogens is 2. The lowest BCUT2D eigenvalue weighted by molar-refractivity contribution is 0.0247. The summed E-state index contributed by atoms with van der Waals surface area (Å²) in [6, 6.07) is 15.4. The van der Waals surface area contributed by atoms with Gasteiger partial charge in [0.05, 0.1) is 33.0 Å². The second-order valence-corrected chi connectivity index (χ2v) is 6.67. The van der Waals surface area contributed by atoms with Crippen molar-refractivity contribution in [1.82, 2.24) is 10.2 Å². The highest BCUT2D eigenvalue weighted by molar-refractivity contribution is 5.61. The molecule has 0 aliphatic rings. The molecule has 2 aromatic carbocycles. The highest BCUT2D eigenvalue weighted by Gasteiger charge is 2.11. The molecule has 0 saturated heterocycles. The Labute approximate surface area is 176 Å². The highest BCUT2D eigenvalue weighted by Crippen LogP contribution is 2.26. The van der Waals surface area contributed by atoms with Crippen LogP contribution in [0.1, 0.15) is 0 Å². The minimum atomic E-state index is 0.0217. The third-order valence-corrected chi connectivity index (χ3v) is 4.26. The molecule has 8 nitrogen and oxygen atoms in total. The molecule has 3 aromatic rings. The molecule has 160 valence electrons. The van der Waals surface area contributed by atoms with E-state index in [-0.39, 0.29) is 6.61 Å². The van der Waals surface area contributed by atoms with Crippen LogP contribution < -0.4 is 9.64 Å².